The van der Waals surface area contributed by atoms with Crippen molar-refractivity contribution in [2.24, 2.45) is 11.8 Å². The van der Waals surface area contributed by atoms with E-state index in [1.165, 1.54) is 42.2 Å². The van der Waals surface area contributed by atoms with Crippen molar-refractivity contribution in [3.05, 3.63) is 315 Å². The Hall–Kier alpha value is -9.56. The fraction of sp³-hybridized carbons (Fsp3) is 0.284. The number of para-hydroxylation sites is 2. The van der Waals surface area contributed by atoms with Gasteiger partial charge in [-0.2, -0.15) is 21.6 Å². The van der Waals surface area contributed by atoms with Crippen LogP contribution < -0.4 is 31.1 Å². The maximum Gasteiger partial charge on any atom is 3.00 e. The van der Waals surface area contributed by atoms with Gasteiger partial charge in [0.1, 0.15) is 16.7 Å². The van der Waals surface area contributed by atoms with Crippen molar-refractivity contribution < 1.29 is 90.5 Å². The average Bonchev–Trinajstić information content (AvgIpc) is 1.65. The van der Waals surface area contributed by atoms with Crippen molar-refractivity contribution in [1.29, 1.82) is 0 Å². The van der Waals surface area contributed by atoms with Crippen LogP contribution in [0.4, 0.5) is 13.2 Å². The second kappa shape index (κ2) is 52.8. The third-order valence-electron chi connectivity index (χ3n) is 20.9. The largest absolute Gasteiger partial charge is 3.00 e. The third-order valence-corrected chi connectivity index (χ3v) is 33.7. The van der Waals surface area contributed by atoms with Crippen LogP contribution in [0.25, 0.3) is 111 Å². The van der Waals surface area contributed by atoms with Gasteiger partial charge in [0.15, 0.2) is 0 Å². The predicted molar refractivity (Wildman–Crippen MR) is 568 cm³/mol. The minimum absolute atomic E-state index is 0. The number of rotatable bonds is 16. The minimum atomic E-state index is -5.84. The van der Waals surface area contributed by atoms with Crippen LogP contribution in [-0.2, 0) is 63.2 Å². The average molecular weight is 2300 g/mol. The van der Waals surface area contributed by atoms with Crippen molar-refractivity contribution in [1.82, 2.24) is 29.9 Å². The topological polar surface area (TPSA) is 219 Å². The second-order valence-corrected chi connectivity index (χ2v) is 70.6. The van der Waals surface area contributed by atoms with Gasteiger partial charge in [0.25, 0.3) is 0 Å². The molecule has 8 aromatic carbocycles. The number of fused-ring (bicyclic) bond motifs is 6. The molecule has 8 aromatic heterocycles. The molecule has 4 N–H and O–H groups in total. The van der Waals surface area contributed by atoms with Gasteiger partial charge in [-0.1, -0.05) is 247 Å². The van der Waals surface area contributed by atoms with Crippen LogP contribution in [-0.4, -0.2) is 133 Å². The molecule has 0 saturated carbocycles. The van der Waals surface area contributed by atoms with E-state index in [0.29, 0.717) is 11.8 Å². The summed E-state index contributed by atoms with van der Waals surface area (Å²) in [6.07, 6.45) is 14.5. The van der Waals surface area contributed by atoms with E-state index in [-0.39, 0.29) is 46.8 Å². The van der Waals surface area contributed by atoms with Crippen LogP contribution >= 0.6 is 0 Å². The Balaban J connectivity index is 0.000000281. The molecule has 16 aromatic rings. The van der Waals surface area contributed by atoms with Gasteiger partial charge >= 0.3 is 35.7 Å². The molecule has 1 radical (unpaired) electrons. The summed E-state index contributed by atoms with van der Waals surface area (Å²) in [6, 6.07) is 96.6. The zero-order chi connectivity index (χ0) is 98.5. The van der Waals surface area contributed by atoms with E-state index in [9.17, 15) is 13.2 Å². The van der Waals surface area contributed by atoms with Crippen molar-refractivity contribution in [2.75, 3.05) is 20.8 Å². The molecule has 0 atom stereocenters. The number of alkyl halides is 3. The Morgan fingerprint density at radius 2 is 0.630 bits per heavy atom. The SMILES string of the molecule is CC(C)Cc1cc(-c2[c-]cc3oc4ccccc4c3c2)ncc1[Si](C)(C)C.CC(C)Cc1cc(-c2ccc3oc4ccccc4c3c2)ncc1[Si](C)(C)C.CCO.CO.CO.C[Si](C)(C)c1ccc(-c2[c-]cccc2)nc1.C[Si](C)(C)c1ccc(-c2[c-]cccc2)nc1.C[Si](C)(C)c1ccc(-c2[c-]cccc2)nc1.C[Si](C)(C)c1ccc(-c2[c-]cccc2)nc1.O=S(=O)(O)C(F)(F)F.[Ir+3].[Ir]. The number of halogens is 3. The Morgan fingerprint density at radius 1 is 0.348 bits per heavy atom. The van der Waals surface area contributed by atoms with E-state index in [1.807, 2.05) is 152 Å². The quantitative estimate of drug-likeness (QED) is 0.0306. The second-order valence-electron chi connectivity index (χ2n) is 38.8. The summed E-state index contributed by atoms with van der Waals surface area (Å²) in [5.74, 6) is 1.26. The molecule has 8 heterocycles. The number of aliphatic hydroxyl groups is 3. The van der Waals surface area contributed by atoms with Crippen LogP contribution in [0, 0.1) is 42.2 Å². The first-order chi connectivity index (χ1) is 62.6. The molecule has 0 spiro atoms. The van der Waals surface area contributed by atoms with Crippen molar-refractivity contribution >= 4 is 134 Å². The zero-order valence-electron chi connectivity index (χ0n) is 82.6. The summed E-state index contributed by atoms with van der Waals surface area (Å²) in [7, 11) is -11.6. The monoisotopic (exact) mass is 2300 g/mol. The normalized spacial score (nSPS) is 11.4. The van der Waals surface area contributed by atoms with Gasteiger partial charge in [-0.05, 0) is 133 Å². The number of pyridine rings is 6. The van der Waals surface area contributed by atoms with Gasteiger partial charge in [-0.3, -0.25) is 9.54 Å². The molecular formula is C109H132F3Ir2N6O8SSi6-2. The zero-order valence-corrected chi connectivity index (χ0v) is 94.2. The fourth-order valence-electron chi connectivity index (χ4n) is 13.8. The number of furan rings is 2. The smallest absolute Gasteiger partial charge is 0.500 e. The molecule has 0 fully saturated rings. The van der Waals surface area contributed by atoms with Crippen molar-refractivity contribution in [2.45, 2.75) is 171 Å². The maximum atomic E-state index is 10.7. The molecule has 14 nitrogen and oxygen atoms in total. The molecule has 16 rings (SSSR count). The molecule has 0 aliphatic carbocycles. The molecule has 0 saturated heterocycles. The van der Waals surface area contributed by atoms with E-state index >= 15 is 0 Å². The number of aromatic nitrogens is 6. The molecular weight excluding hydrogens is 2160 g/mol. The van der Waals surface area contributed by atoms with Gasteiger partial charge in [-0.25, -0.2) is 0 Å². The van der Waals surface area contributed by atoms with Crippen LogP contribution in [0.1, 0.15) is 45.7 Å². The third kappa shape index (κ3) is 35.4. The van der Waals surface area contributed by atoms with Gasteiger partial charge in [0, 0.05) is 99.8 Å². The van der Waals surface area contributed by atoms with Gasteiger partial charge in [0.2, 0.25) is 0 Å². The van der Waals surface area contributed by atoms with Crippen LogP contribution in [0.5, 0.6) is 0 Å². The Morgan fingerprint density at radius 3 is 0.911 bits per heavy atom. The number of hydrogen-bond donors (Lipinski definition) is 4. The summed E-state index contributed by atoms with van der Waals surface area (Å²) in [5, 5.41) is 34.7. The summed E-state index contributed by atoms with van der Waals surface area (Å²) < 4.78 is 69.4. The molecule has 0 aliphatic heterocycles. The van der Waals surface area contributed by atoms with E-state index < -0.39 is 64.1 Å². The maximum absolute atomic E-state index is 10.7. The standard InChI is InChI=1S/C24H27NOSi.C24H26NOSi.4C14H16NSi.C2H6O.CHF3O3S.2CH4O.2Ir/c2*1-16(2)12-18-14-21(25-15-24(18)27(3,4)5)17-10-11-23-20(13-17)19-8-6-7-9-22(19)26-23;4*1-16(2,3)13-9-10-14(15-11-13)12-7-5-4-6-8-12;1-2-3;2-1(3,4)8(5,6)7;2*1-2;;/h6-11,13-16H,12H2,1-5H3;6-9,11,13-16H,12H2,1-5H3;4*4-7,9-11H,1-3H3;3H,2H2,1H3;(H,5,6,7);2*2H,1H3;;/q;5*-1;;;;;;+3. The van der Waals surface area contributed by atoms with Gasteiger partial charge in [0.05, 0.1) is 59.7 Å². The molecule has 26 heteroatoms. The number of aliphatic hydroxyl groups excluding tert-OH is 3. The molecule has 0 amide bonds. The Bertz CT molecular complexity index is 5820. The van der Waals surface area contributed by atoms with Gasteiger partial charge in [-0.15, -0.1) is 167 Å². The first-order valence-electron chi connectivity index (χ1n) is 44.6. The number of nitrogens with zero attached hydrogens (tertiary/aromatic N) is 6. The van der Waals surface area contributed by atoms with E-state index in [1.54, 1.807) is 6.92 Å². The molecule has 135 heavy (non-hydrogen) atoms. The van der Waals surface area contributed by atoms with Gasteiger partial charge < -0.3 is 49.1 Å². The Kier molecular flexibility index (Phi) is 45.4. The predicted octanol–water partition coefficient (Wildman–Crippen LogP) is 24.6. The summed E-state index contributed by atoms with van der Waals surface area (Å²) in [4.78, 5) is 27.8. The van der Waals surface area contributed by atoms with Crippen molar-refractivity contribution in [3.63, 3.8) is 0 Å². The van der Waals surface area contributed by atoms with Crippen LogP contribution in [0.3, 0.4) is 0 Å². The summed E-state index contributed by atoms with van der Waals surface area (Å²) >= 11 is 0. The van der Waals surface area contributed by atoms with Crippen molar-refractivity contribution in [3.8, 4) is 67.5 Å². The first kappa shape index (κ1) is 116. The molecule has 717 valence electrons. The Labute approximate surface area is 833 Å². The van der Waals surface area contributed by atoms with E-state index in [4.69, 9.17) is 47.1 Å². The number of benzene rings is 8. The van der Waals surface area contributed by atoms with E-state index in [2.05, 4.69) is 317 Å². The molecule has 0 unspecified atom stereocenters. The molecule has 0 bridgehead atoms. The summed E-state index contributed by atoms with van der Waals surface area (Å²) in [6.45, 7) is 53.4. The van der Waals surface area contributed by atoms with Crippen LogP contribution in [0.2, 0.25) is 118 Å². The fourth-order valence-corrected chi connectivity index (χ4v) is 21.1. The van der Waals surface area contributed by atoms with E-state index in [0.717, 1.165) is 138 Å². The minimum Gasteiger partial charge on any atom is -0.500 e. The number of hydrogen-bond acceptors (Lipinski definition) is 13. The first-order valence-corrected chi connectivity index (χ1v) is 67.1. The molecule has 0 aliphatic rings. The van der Waals surface area contributed by atoms with Crippen LogP contribution in [0.15, 0.2) is 283 Å². The summed E-state index contributed by atoms with van der Waals surface area (Å²) in [5.41, 5.74) is 13.5.